The van der Waals surface area contributed by atoms with Crippen molar-refractivity contribution in [3.63, 3.8) is 0 Å². The second kappa shape index (κ2) is 9.11. The molecule has 0 atom stereocenters. The molecular formula is C21H12Cl2F6N2O2. The highest BCUT2D eigenvalue weighted by molar-refractivity contribution is 6.42. The lowest BCUT2D eigenvalue weighted by molar-refractivity contribution is -0.143. The molecule has 2 aromatic carbocycles. The second-order valence-corrected chi connectivity index (χ2v) is 7.67. The van der Waals surface area contributed by atoms with Gasteiger partial charge in [-0.2, -0.15) is 26.3 Å². The van der Waals surface area contributed by atoms with Gasteiger partial charge >= 0.3 is 12.4 Å². The SMILES string of the molecule is O=C(Nc1cc(C(F)(F)F)cc(C(F)(F)F)c1)c1cccn(Cc2ccc(Cl)c(Cl)c2)c1=O. The number of nitrogens with zero attached hydrogens (tertiary/aromatic N) is 1. The summed E-state index contributed by atoms with van der Waals surface area (Å²) in [6.45, 7) is -0.0153. The predicted molar refractivity (Wildman–Crippen MR) is 111 cm³/mol. The first kappa shape index (κ1) is 24.7. The molecule has 0 aliphatic heterocycles. The minimum atomic E-state index is -5.08. The number of alkyl halides is 6. The monoisotopic (exact) mass is 508 g/mol. The third kappa shape index (κ3) is 5.88. The number of anilines is 1. The number of nitrogens with one attached hydrogen (secondary N) is 1. The van der Waals surface area contributed by atoms with Crippen LogP contribution >= 0.6 is 23.2 Å². The topological polar surface area (TPSA) is 51.1 Å². The van der Waals surface area contributed by atoms with Crippen molar-refractivity contribution in [1.82, 2.24) is 4.57 Å². The Morgan fingerprint density at radius 3 is 2.03 bits per heavy atom. The number of pyridine rings is 1. The van der Waals surface area contributed by atoms with Crippen LogP contribution in [0.4, 0.5) is 32.0 Å². The molecule has 1 N–H and O–H groups in total. The van der Waals surface area contributed by atoms with Gasteiger partial charge in [-0.05, 0) is 48.0 Å². The molecule has 3 aromatic rings. The first-order chi connectivity index (χ1) is 15.3. The third-order valence-corrected chi connectivity index (χ3v) is 5.19. The molecule has 1 amide bonds. The van der Waals surface area contributed by atoms with E-state index in [0.29, 0.717) is 22.7 Å². The fraction of sp³-hybridized carbons (Fsp3) is 0.143. The van der Waals surface area contributed by atoms with Crippen molar-refractivity contribution in [2.75, 3.05) is 5.32 Å². The van der Waals surface area contributed by atoms with E-state index in [1.165, 1.54) is 24.4 Å². The number of halogens is 8. The van der Waals surface area contributed by atoms with Gasteiger partial charge in [-0.1, -0.05) is 29.3 Å². The zero-order valence-electron chi connectivity index (χ0n) is 16.2. The van der Waals surface area contributed by atoms with Gasteiger partial charge in [0.15, 0.2) is 0 Å². The lowest BCUT2D eigenvalue weighted by atomic mass is 10.1. The summed E-state index contributed by atoms with van der Waals surface area (Å²) in [7, 11) is 0. The lowest BCUT2D eigenvalue weighted by Crippen LogP contribution is -2.29. The summed E-state index contributed by atoms with van der Waals surface area (Å²) < 4.78 is 79.3. The summed E-state index contributed by atoms with van der Waals surface area (Å²) >= 11 is 11.8. The highest BCUT2D eigenvalue weighted by Crippen LogP contribution is 2.37. The molecule has 174 valence electrons. The number of carbonyl (C=O) groups is 1. The van der Waals surface area contributed by atoms with Crippen LogP contribution in [-0.2, 0) is 18.9 Å². The van der Waals surface area contributed by atoms with Crippen molar-refractivity contribution in [3.8, 4) is 0 Å². The average Bonchev–Trinajstić information content (AvgIpc) is 2.70. The Balaban J connectivity index is 1.93. The van der Waals surface area contributed by atoms with Gasteiger partial charge in [0.1, 0.15) is 5.56 Å². The van der Waals surface area contributed by atoms with Gasteiger partial charge in [0.2, 0.25) is 0 Å². The lowest BCUT2D eigenvalue weighted by Gasteiger charge is -2.15. The van der Waals surface area contributed by atoms with E-state index in [4.69, 9.17) is 23.2 Å². The maximum Gasteiger partial charge on any atom is 0.416 e. The summed E-state index contributed by atoms with van der Waals surface area (Å²) in [5, 5.41) is 2.47. The molecule has 0 radical (unpaired) electrons. The van der Waals surface area contributed by atoms with Crippen LogP contribution in [-0.4, -0.2) is 10.5 Å². The summed E-state index contributed by atoms with van der Waals surface area (Å²) in [5.41, 5.74) is -4.69. The van der Waals surface area contributed by atoms with Crippen LogP contribution in [0.3, 0.4) is 0 Å². The number of benzene rings is 2. The van der Waals surface area contributed by atoms with E-state index in [1.54, 1.807) is 6.07 Å². The van der Waals surface area contributed by atoms with Crippen LogP contribution in [0, 0.1) is 0 Å². The first-order valence-electron chi connectivity index (χ1n) is 9.00. The van der Waals surface area contributed by atoms with E-state index in [9.17, 15) is 35.9 Å². The Labute approximate surface area is 192 Å². The standard InChI is InChI=1S/C21H12Cl2F6N2O2/c22-16-4-3-11(6-17(16)23)10-31-5-1-2-15(19(31)33)18(32)30-14-8-12(20(24,25)26)7-13(9-14)21(27,28)29/h1-9H,10H2,(H,30,32). The Hall–Kier alpha value is -2.98. The molecule has 1 heterocycles. The molecule has 0 saturated heterocycles. The summed E-state index contributed by atoms with van der Waals surface area (Å²) in [4.78, 5) is 25.2. The molecule has 0 fully saturated rings. The highest BCUT2D eigenvalue weighted by Gasteiger charge is 2.37. The number of rotatable bonds is 4. The van der Waals surface area contributed by atoms with E-state index >= 15 is 0 Å². The van der Waals surface area contributed by atoms with Gasteiger partial charge in [-0.3, -0.25) is 9.59 Å². The molecular weight excluding hydrogens is 497 g/mol. The Morgan fingerprint density at radius 2 is 1.48 bits per heavy atom. The van der Waals surface area contributed by atoms with Crippen LogP contribution in [0.25, 0.3) is 0 Å². The molecule has 4 nitrogen and oxygen atoms in total. The smallest absolute Gasteiger partial charge is 0.322 e. The van der Waals surface area contributed by atoms with Crippen LogP contribution in [0.5, 0.6) is 0 Å². The number of aromatic nitrogens is 1. The molecule has 0 unspecified atom stereocenters. The van der Waals surface area contributed by atoms with Gasteiger partial charge in [-0.25, -0.2) is 0 Å². The third-order valence-electron chi connectivity index (χ3n) is 4.45. The summed E-state index contributed by atoms with van der Waals surface area (Å²) in [6.07, 6.45) is -8.81. The average molecular weight is 509 g/mol. The van der Waals surface area contributed by atoms with E-state index in [-0.39, 0.29) is 17.6 Å². The van der Waals surface area contributed by atoms with E-state index in [0.717, 1.165) is 10.6 Å². The van der Waals surface area contributed by atoms with Crippen LogP contribution in [0.2, 0.25) is 10.0 Å². The Bertz CT molecular complexity index is 1240. The molecule has 12 heteroatoms. The number of amides is 1. The van der Waals surface area contributed by atoms with E-state index < -0.39 is 46.2 Å². The van der Waals surface area contributed by atoms with Crippen LogP contribution in [0.1, 0.15) is 27.0 Å². The van der Waals surface area contributed by atoms with Gasteiger partial charge in [0.25, 0.3) is 11.5 Å². The number of carbonyl (C=O) groups excluding carboxylic acids is 1. The van der Waals surface area contributed by atoms with Crippen molar-refractivity contribution < 1.29 is 31.1 Å². The highest BCUT2D eigenvalue weighted by atomic mass is 35.5. The predicted octanol–water partition coefficient (Wildman–Crippen LogP) is 6.49. The fourth-order valence-corrected chi connectivity index (χ4v) is 3.22. The molecule has 0 aliphatic rings. The van der Waals surface area contributed by atoms with Gasteiger partial charge < -0.3 is 9.88 Å². The van der Waals surface area contributed by atoms with Crippen molar-refractivity contribution in [1.29, 1.82) is 0 Å². The molecule has 0 aliphatic carbocycles. The zero-order chi connectivity index (χ0) is 24.6. The van der Waals surface area contributed by atoms with E-state index in [1.807, 2.05) is 5.32 Å². The molecule has 0 saturated carbocycles. The number of hydrogen-bond acceptors (Lipinski definition) is 2. The van der Waals surface area contributed by atoms with Crippen LogP contribution in [0.15, 0.2) is 59.5 Å². The molecule has 0 bridgehead atoms. The van der Waals surface area contributed by atoms with Gasteiger partial charge in [0.05, 0.1) is 27.7 Å². The van der Waals surface area contributed by atoms with E-state index in [2.05, 4.69) is 0 Å². The summed E-state index contributed by atoms with van der Waals surface area (Å²) in [5.74, 6) is -1.17. The molecule has 3 rings (SSSR count). The second-order valence-electron chi connectivity index (χ2n) is 6.85. The minimum absolute atomic E-state index is 0.0153. The largest absolute Gasteiger partial charge is 0.416 e. The molecule has 0 spiro atoms. The van der Waals surface area contributed by atoms with Crippen molar-refractivity contribution in [2.45, 2.75) is 18.9 Å². The normalized spacial score (nSPS) is 12.0. The van der Waals surface area contributed by atoms with Crippen molar-refractivity contribution >= 4 is 34.8 Å². The maximum absolute atomic E-state index is 13.0. The number of hydrogen-bond donors (Lipinski definition) is 1. The molecule has 33 heavy (non-hydrogen) atoms. The first-order valence-corrected chi connectivity index (χ1v) is 9.75. The quantitative estimate of drug-likeness (QED) is 0.409. The fourth-order valence-electron chi connectivity index (χ4n) is 2.89. The maximum atomic E-state index is 13.0. The minimum Gasteiger partial charge on any atom is -0.322 e. The Morgan fingerprint density at radius 1 is 0.879 bits per heavy atom. The van der Waals surface area contributed by atoms with Crippen molar-refractivity contribution in [3.05, 3.63) is 97.4 Å². The zero-order valence-corrected chi connectivity index (χ0v) is 17.7. The van der Waals surface area contributed by atoms with Crippen LogP contribution < -0.4 is 10.9 Å². The summed E-state index contributed by atoms with van der Waals surface area (Å²) in [6, 6.07) is 7.67. The Kier molecular flexibility index (Phi) is 6.80. The van der Waals surface area contributed by atoms with Crippen molar-refractivity contribution in [2.24, 2.45) is 0 Å². The molecule has 1 aromatic heterocycles. The van der Waals surface area contributed by atoms with Gasteiger partial charge in [0, 0.05) is 11.9 Å². The van der Waals surface area contributed by atoms with Gasteiger partial charge in [-0.15, -0.1) is 0 Å².